The molecule has 16 heavy (non-hydrogen) atoms. The van der Waals surface area contributed by atoms with Crippen molar-refractivity contribution in [3.63, 3.8) is 0 Å². The maximum Gasteiger partial charge on any atom is 0.181 e. The third-order valence-corrected chi connectivity index (χ3v) is 2.74. The second-order valence-corrected chi connectivity index (χ2v) is 3.97. The zero-order valence-corrected chi connectivity index (χ0v) is 9.43. The molecule has 0 aliphatic rings. The Morgan fingerprint density at radius 3 is 2.69 bits per heavy atom. The molecule has 0 radical (unpaired) electrons. The third kappa shape index (κ3) is 2.60. The van der Waals surface area contributed by atoms with Crippen LogP contribution in [0, 0.1) is 0 Å². The molecule has 0 amide bonds. The minimum atomic E-state index is 0.343. The summed E-state index contributed by atoms with van der Waals surface area (Å²) < 4.78 is 2.13. The summed E-state index contributed by atoms with van der Waals surface area (Å²) >= 11 is 0. The van der Waals surface area contributed by atoms with E-state index >= 15 is 0 Å². The fourth-order valence-electron chi connectivity index (χ4n) is 1.80. The van der Waals surface area contributed by atoms with Crippen molar-refractivity contribution in [3.05, 3.63) is 59.9 Å². The molecule has 0 unspecified atom stereocenters. The fraction of sp³-hybridized carbons (Fsp3) is 0.214. The van der Waals surface area contributed by atoms with Gasteiger partial charge in [-0.2, -0.15) is 0 Å². The van der Waals surface area contributed by atoms with Crippen LogP contribution in [0.3, 0.4) is 0 Å². The molecular weight excluding hydrogens is 198 g/mol. The van der Waals surface area contributed by atoms with Crippen molar-refractivity contribution in [2.45, 2.75) is 12.8 Å². The van der Waals surface area contributed by atoms with E-state index in [9.17, 15) is 5.11 Å². The van der Waals surface area contributed by atoms with Gasteiger partial charge in [0.05, 0.1) is 0 Å². The Bertz CT molecular complexity index is 480. The second-order valence-electron chi connectivity index (χ2n) is 3.97. The summed E-state index contributed by atoms with van der Waals surface area (Å²) in [5.41, 5.74) is 2.47. The first-order chi connectivity index (χ1) is 7.75. The van der Waals surface area contributed by atoms with Gasteiger partial charge in [-0.25, -0.2) is 4.57 Å². The minimum Gasteiger partial charge on any atom is -0.508 e. The third-order valence-electron chi connectivity index (χ3n) is 2.74. The van der Waals surface area contributed by atoms with Crippen LogP contribution in [0.1, 0.15) is 11.3 Å². The predicted molar refractivity (Wildman–Crippen MR) is 63.1 cm³/mol. The average molecular weight is 214 g/mol. The molecule has 1 aromatic heterocycles. The molecule has 2 heteroatoms. The quantitative estimate of drug-likeness (QED) is 0.776. The average Bonchev–Trinajstić information content (AvgIpc) is 2.28. The number of pyridine rings is 1. The molecule has 1 heterocycles. The minimum absolute atomic E-state index is 0.343. The number of hydrogen-bond donors (Lipinski definition) is 1. The summed E-state index contributed by atoms with van der Waals surface area (Å²) in [6.07, 6.45) is 3.99. The molecule has 1 N–H and O–H groups in total. The summed E-state index contributed by atoms with van der Waals surface area (Å²) in [5, 5.41) is 9.36. The fourth-order valence-corrected chi connectivity index (χ4v) is 1.80. The molecule has 0 aliphatic carbocycles. The van der Waals surface area contributed by atoms with Crippen LogP contribution < -0.4 is 4.57 Å². The lowest BCUT2D eigenvalue weighted by Crippen LogP contribution is -2.32. The smallest absolute Gasteiger partial charge is 0.181 e. The van der Waals surface area contributed by atoms with Crippen LogP contribution in [0.2, 0.25) is 0 Å². The normalized spacial score (nSPS) is 10.3. The Morgan fingerprint density at radius 1 is 1.06 bits per heavy atom. The van der Waals surface area contributed by atoms with Crippen molar-refractivity contribution in [3.8, 4) is 5.75 Å². The van der Waals surface area contributed by atoms with Gasteiger partial charge in [-0.3, -0.25) is 0 Å². The molecule has 2 rings (SSSR count). The van der Waals surface area contributed by atoms with Gasteiger partial charge in [0.25, 0.3) is 0 Å². The molecule has 0 saturated heterocycles. The molecule has 0 aliphatic heterocycles. The number of phenolic OH excluding ortho intramolecular Hbond substituents is 1. The topological polar surface area (TPSA) is 24.1 Å². The standard InChI is InChI=1S/C14H15NO/c1-15-10-3-2-6-13(15)9-8-12-5-4-7-14(16)11-12/h2-7,10-11H,8-9H2,1H3/p+1. The Morgan fingerprint density at radius 2 is 1.94 bits per heavy atom. The van der Waals surface area contributed by atoms with Gasteiger partial charge in [0.2, 0.25) is 0 Å². The van der Waals surface area contributed by atoms with Crippen molar-refractivity contribution in [2.24, 2.45) is 7.05 Å². The zero-order chi connectivity index (χ0) is 11.4. The Kier molecular flexibility index (Phi) is 3.20. The maximum atomic E-state index is 9.36. The predicted octanol–water partition coefficient (Wildman–Crippen LogP) is 2.00. The lowest BCUT2D eigenvalue weighted by Gasteiger charge is -2.01. The van der Waals surface area contributed by atoms with Crippen molar-refractivity contribution in [1.29, 1.82) is 0 Å². The number of phenols is 1. The highest BCUT2D eigenvalue weighted by atomic mass is 16.3. The van der Waals surface area contributed by atoms with Gasteiger partial charge in [-0.1, -0.05) is 18.2 Å². The number of aryl methyl sites for hydroxylation is 3. The summed E-state index contributed by atoms with van der Waals surface area (Å²) in [4.78, 5) is 0. The molecule has 0 bridgehead atoms. The summed E-state index contributed by atoms with van der Waals surface area (Å²) in [5.74, 6) is 0.343. The van der Waals surface area contributed by atoms with Gasteiger partial charge in [-0.15, -0.1) is 0 Å². The van der Waals surface area contributed by atoms with Crippen molar-refractivity contribution in [1.82, 2.24) is 0 Å². The van der Waals surface area contributed by atoms with Crippen molar-refractivity contribution >= 4 is 0 Å². The first-order valence-electron chi connectivity index (χ1n) is 5.47. The molecule has 0 saturated carbocycles. The molecule has 2 nitrogen and oxygen atoms in total. The van der Waals surface area contributed by atoms with E-state index in [4.69, 9.17) is 0 Å². The number of nitrogens with zero attached hydrogens (tertiary/aromatic N) is 1. The van der Waals surface area contributed by atoms with E-state index in [-0.39, 0.29) is 0 Å². The van der Waals surface area contributed by atoms with Crippen LogP contribution in [0.5, 0.6) is 5.75 Å². The van der Waals surface area contributed by atoms with Gasteiger partial charge in [0.1, 0.15) is 12.8 Å². The molecule has 82 valence electrons. The second kappa shape index (κ2) is 4.79. The molecule has 2 aromatic rings. The van der Waals surface area contributed by atoms with Crippen LogP contribution in [-0.4, -0.2) is 5.11 Å². The van der Waals surface area contributed by atoms with E-state index in [0.717, 1.165) is 12.8 Å². The summed E-state index contributed by atoms with van der Waals surface area (Å²) in [6, 6.07) is 13.7. The molecule has 0 spiro atoms. The largest absolute Gasteiger partial charge is 0.508 e. The van der Waals surface area contributed by atoms with E-state index in [0.29, 0.717) is 5.75 Å². The van der Waals surface area contributed by atoms with Gasteiger partial charge >= 0.3 is 0 Å². The van der Waals surface area contributed by atoms with E-state index in [1.807, 2.05) is 24.3 Å². The van der Waals surface area contributed by atoms with E-state index < -0.39 is 0 Å². The Balaban J connectivity index is 2.05. The SMILES string of the molecule is C[n+]1ccccc1CCc1cccc(O)c1. The summed E-state index contributed by atoms with van der Waals surface area (Å²) in [7, 11) is 2.05. The van der Waals surface area contributed by atoms with Crippen LogP contribution >= 0.6 is 0 Å². The van der Waals surface area contributed by atoms with Crippen molar-refractivity contribution < 1.29 is 9.67 Å². The zero-order valence-electron chi connectivity index (χ0n) is 9.43. The Labute approximate surface area is 95.8 Å². The van der Waals surface area contributed by atoms with Crippen LogP contribution in [0.15, 0.2) is 48.7 Å². The monoisotopic (exact) mass is 214 g/mol. The van der Waals surface area contributed by atoms with Gasteiger partial charge in [0, 0.05) is 18.6 Å². The lowest BCUT2D eigenvalue weighted by molar-refractivity contribution is -0.679. The molecular formula is C14H16NO+. The first-order valence-corrected chi connectivity index (χ1v) is 5.47. The van der Waals surface area contributed by atoms with Crippen LogP contribution in [0.4, 0.5) is 0 Å². The molecule has 0 fully saturated rings. The highest BCUT2D eigenvalue weighted by molar-refractivity contribution is 5.27. The lowest BCUT2D eigenvalue weighted by atomic mass is 10.1. The van der Waals surface area contributed by atoms with Crippen LogP contribution in [0.25, 0.3) is 0 Å². The van der Waals surface area contributed by atoms with Crippen molar-refractivity contribution in [2.75, 3.05) is 0 Å². The van der Waals surface area contributed by atoms with E-state index in [1.54, 1.807) is 6.07 Å². The maximum absolute atomic E-state index is 9.36. The summed E-state index contributed by atoms with van der Waals surface area (Å²) in [6.45, 7) is 0. The van der Waals surface area contributed by atoms with Crippen LogP contribution in [-0.2, 0) is 19.9 Å². The van der Waals surface area contributed by atoms with Gasteiger partial charge in [-0.05, 0) is 24.1 Å². The highest BCUT2D eigenvalue weighted by Gasteiger charge is 2.04. The van der Waals surface area contributed by atoms with Gasteiger partial charge in [0.15, 0.2) is 11.9 Å². The van der Waals surface area contributed by atoms with E-state index in [2.05, 4.69) is 29.9 Å². The number of benzene rings is 1. The molecule has 1 aromatic carbocycles. The number of rotatable bonds is 3. The van der Waals surface area contributed by atoms with Gasteiger partial charge < -0.3 is 5.11 Å². The highest BCUT2D eigenvalue weighted by Crippen LogP contribution is 2.12. The first kappa shape index (κ1) is 10.7. The molecule has 0 atom stereocenters. The number of aromatic hydroxyl groups is 1. The van der Waals surface area contributed by atoms with E-state index in [1.165, 1.54) is 11.3 Å². The number of hydrogen-bond acceptors (Lipinski definition) is 1. The number of aromatic nitrogens is 1. The Hall–Kier alpha value is -1.83.